The normalized spacial score (nSPS) is 12.1. The van der Waals surface area contributed by atoms with E-state index in [-0.39, 0.29) is 11.6 Å². The molecule has 0 amide bonds. The van der Waals surface area contributed by atoms with E-state index in [9.17, 15) is 26.3 Å². The van der Waals surface area contributed by atoms with E-state index >= 15 is 0 Å². The predicted molar refractivity (Wildman–Crippen MR) is 92.7 cm³/mol. The number of halogens is 6. The standard InChI is InChI=1S/C21H14F6O/c22-20(23,24)17-9-14(10-18(12-17)21(25,26)27)13-28-19-8-4-7-16(11-19)15-5-2-1-3-6-15/h1-12H,13H2. The van der Waals surface area contributed by atoms with Crippen molar-refractivity contribution in [1.29, 1.82) is 0 Å². The highest BCUT2D eigenvalue weighted by molar-refractivity contribution is 5.64. The highest BCUT2D eigenvalue weighted by atomic mass is 19.4. The van der Waals surface area contributed by atoms with Crippen molar-refractivity contribution >= 4 is 0 Å². The number of ether oxygens (including phenoxy) is 1. The third-order valence-electron chi connectivity index (χ3n) is 3.99. The SMILES string of the molecule is FC(F)(F)c1cc(COc2cccc(-c3ccccc3)c2)cc(C(F)(F)F)c1. The molecular weight excluding hydrogens is 382 g/mol. The lowest BCUT2D eigenvalue weighted by Gasteiger charge is -2.15. The highest BCUT2D eigenvalue weighted by Gasteiger charge is 2.36. The van der Waals surface area contributed by atoms with Crippen LogP contribution < -0.4 is 4.74 Å². The molecule has 146 valence electrons. The largest absolute Gasteiger partial charge is 0.489 e. The first-order valence-electron chi connectivity index (χ1n) is 8.19. The fourth-order valence-electron chi connectivity index (χ4n) is 2.67. The zero-order chi connectivity index (χ0) is 20.4. The topological polar surface area (TPSA) is 9.23 Å². The third kappa shape index (κ3) is 4.85. The molecule has 0 aromatic heterocycles. The first kappa shape index (κ1) is 19.8. The number of alkyl halides is 6. The van der Waals surface area contributed by atoms with E-state index in [0.29, 0.717) is 17.9 Å². The van der Waals surface area contributed by atoms with Crippen LogP contribution in [0.4, 0.5) is 26.3 Å². The summed E-state index contributed by atoms with van der Waals surface area (Å²) in [6, 6.07) is 17.5. The van der Waals surface area contributed by atoms with Gasteiger partial charge in [0, 0.05) is 0 Å². The number of benzene rings is 3. The molecule has 3 aromatic rings. The minimum atomic E-state index is -4.89. The van der Waals surface area contributed by atoms with Gasteiger partial charge < -0.3 is 4.74 Å². The van der Waals surface area contributed by atoms with Crippen molar-refractivity contribution in [2.75, 3.05) is 0 Å². The van der Waals surface area contributed by atoms with E-state index in [2.05, 4.69) is 0 Å². The van der Waals surface area contributed by atoms with Gasteiger partial charge in [-0.1, -0.05) is 42.5 Å². The third-order valence-corrected chi connectivity index (χ3v) is 3.99. The van der Waals surface area contributed by atoms with Crippen molar-refractivity contribution in [2.24, 2.45) is 0 Å². The second kappa shape index (κ2) is 7.58. The average Bonchev–Trinajstić information content (AvgIpc) is 2.66. The lowest BCUT2D eigenvalue weighted by atomic mass is 10.0. The van der Waals surface area contributed by atoms with Crippen LogP contribution >= 0.6 is 0 Å². The Morgan fingerprint density at radius 3 is 1.75 bits per heavy atom. The predicted octanol–water partition coefficient (Wildman–Crippen LogP) is 6.97. The van der Waals surface area contributed by atoms with E-state index in [1.807, 2.05) is 36.4 Å². The van der Waals surface area contributed by atoms with Gasteiger partial charge in [0.2, 0.25) is 0 Å². The van der Waals surface area contributed by atoms with Gasteiger partial charge in [0.25, 0.3) is 0 Å². The molecule has 0 aliphatic heterocycles. The van der Waals surface area contributed by atoms with Gasteiger partial charge in [-0.2, -0.15) is 26.3 Å². The van der Waals surface area contributed by atoms with Crippen LogP contribution in [0.15, 0.2) is 72.8 Å². The molecule has 0 heterocycles. The van der Waals surface area contributed by atoms with Crippen molar-refractivity contribution in [3.63, 3.8) is 0 Å². The van der Waals surface area contributed by atoms with Crippen molar-refractivity contribution in [3.8, 4) is 16.9 Å². The monoisotopic (exact) mass is 396 g/mol. The van der Waals surface area contributed by atoms with Gasteiger partial charge in [-0.25, -0.2) is 0 Å². The van der Waals surface area contributed by atoms with Crippen LogP contribution in [-0.2, 0) is 19.0 Å². The maximum atomic E-state index is 12.9. The van der Waals surface area contributed by atoms with E-state index in [4.69, 9.17) is 4.74 Å². The molecule has 7 heteroatoms. The molecule has 0 spiro atoms. The summed E-state index contributed by atoms with van der Waals surface area (Å²) in [6.07, 6.45) is -9.77. The van der Waals surface area contributed by atoms with E-state index in [1.165, 1.54) is 0 Å². The van der Waals surface area contributed by atoms with Crippen LogP contribution in [0.25, 0.3) is 11.1 Å². The lowest BCUT2D eigenvalue weighted by Crippen LogP contribution is -2.12. The summed E-state index contributed by atoms with van der Waals surface area (Å²) in [5.74, 6) is 0.340. The van der Waals surface area contributed by atoms with Gasteiger partial charge in [0.15, 0.2) is 0 Å². The molecule has 0 fully saturated rings. The fraction of sp³-hybridized carbons (Fsp3) is 0.143. The zero-order valence-electron chi connectivity index (χ0n) is 14.3. The van der Waals surface area contributed by atoms with Crippen molar-refractivity contribution in [1.82, 2.24) is 0 Å². The summed E-state index contributed by atoms with van der Waals surface area (Å²) in [5.41, 5.74) is -1.21. The van der Waals surface area contributed by atoms with Crippen LogP contribution in [0.1, 0.15) is 16.7 Å². The quantitative estimate of drug-likeness (QED) is 0.433. The van der Waals surface area contributed by atoms with Gasteiger partial charge in [0.1, 0.15) is 12.4 Å². The van der Waals surface area contributed by atoms with Crippen LogP contribution in [0.5, 0.6) is 5.75 Å². The van der Waals surface area contributed by atoms with Crippen molar-refractivity contribution in [3.05, 3.63) is 89.5 Å². The zero-order valence-corrected chi connectivity index (χ0v) is 14.3. The molecular formula is C21H14F6O. The molecule has 0 radical (unpaired) electrons. The second-order valence-corrected chi connectivity index (χ2v) is 6.10. The summed E-state index contributed by atoms with van der Waals surface area (Å²) in [7, 11) is 0. The molecule has 0 saturated heterocycles. The first-order chi connectivity index (χ1) is 13.1. The second-order valence-electron chi connectivity index (χ2n) is 6.10. The molecule has 1 nitrogen and oxygen atoms in total. The summed E-state index contributed by atoms with van der Waals surface area (Å²) < 4.78 is 83.0. The molecule has 3 rings (SSSR count). The Morgan fingerprint density at radius 2 is 1.18 bits per heavy atom. The van der Waals surface area contributed by atoms with Crippen molar-refractivity contribution < 1.29 is 31.1 Å². The minimum Gasteiger partial charge on any atom is -0.489 e. The van der Waals surface area contributed by atoms with Crippen LogP contribution in [0.2, 0.25) is 0 Å². The maximum Gasteiger partial charge on any atom is 0.416 e. The Labute approximate surface area is 157 Å². The first-order valence-corrected chi connectivity index (χ1v) is 8.19. The van der Waals surface area contributed by atoms with Crippen LogP contribution in [0.3, 0.4) is 0 Å². The minimum absolute atomic E-state index is 0.0968. The molecule has 0 bridgehead atoms. The molecule has 3 aromatic carbocycles. The summed E-state index contributed by atoms with van der Waals surface area (Å²) in [5, 5.41) is 0. The van der Waals surface area contributed by atoms with Gasteiger partial charge in [0.05, 0.1) is 11.1 Å². The molecule has 0 N–H and O–H groups in total. The van der Waals surface area contributed by atoms with Crippen LogP contribution in [-0.4, -0.2) is 0 Å². The van der Waals surface area contributed by atoms with Gasteiger partial charge >= 0.3 is 12.4 Å². The van der Waals surface area contributed by atoms with E-state index < -0.39 is 30.1 Å². The molecule has 0 atom stereocenters. The number of hydrogen-bond donors (Lipinski definition) is 0. The molecule has 0 saturated carbocycles. The van der Waals surface area contributed by atoms with Crippen LogP contribution in [0, 0.1) is 0 Å². The highest BCUT2D eigenvalue weighted by Crippen LogP contribution is 2.36. The molecule has 0 aliphatic rings. The van der Waals surface area contributed by atoms with E-state index in [0.717, 1.165) is 11.1 Å². The van der Waals surface area contributed by atoms with E-state index in [1.54, 1.807) is 18.2 Å². The Hall–Kier alpha value is -2.96. The van der Waals surface area contributed by atoms with Crippen molar-refractivity contribution in [2.45, 2.75) is 19.0 Å². The maximum absolute atomic E-state index is 12.9. The number of hydrogen-bond acceptors (Lipinski definition) is 1. The number of rotatable bonds is 4. The Kier molecular flexibility index (Phi) is 5.36. The molecule has 0 unspecified atom stereocenters. The van der Waals surface area contributed by atoms with Gasteiger partial charge in [-0.3, -0.25) is 0 Å². The Bertz CT molecular complexity index is 913. The Balaban J connectivity index is 1.85. The summed E-state index contributed by atoms with van der Waals surface area (Å²) in [4.78, 5) is 0. The Morgan fingerprint density at radius 1 is 0.607 bits per heavy atom. The van der Waals surface area contributed by atoms with Gasteiger partial charge in [-0.05, 0) is 47.0 Å². The average molecular weight is 396 g/mol. The summed E-state index contributed by atoms with van der Waals surface area (Å²) in [6.45, 7) is -0.425. The molecule has 0 aliphatic carbocycles. The smallest absolute Gasteiger partial charge is 0.416 e. The lowest BCUT2D eigenvalue weighted by molar-refractivity contribution is -0.143. The summed E-state index contributed by atoms with van der Waals surface area (Å²) >= 11 is 0. The van der Waals surface area contributed by atoms with Gasteiger partial charge in [-0.15, -0.1) is 0 Å². The fourth-order valence-corrected chi connectivity index (χ4v) is 2.67. The molecule has 28 heavy (non-hydrogen) atoms.